The Bertz CT molecular complexity index is 2630. The number of anilines is 3. The van der Waals surface area contributed by atoms with E-state index in [4.69, 9.17) is 15.0 Å². The molecule has 2 N–H and O–H groups in total. The highest BCUT2D eigenvalue weighted by Gasteiger charge is 2.59. The zero-order valence-corrected chi connectivity index (χ0v) is 41.6. The maximum atomic E-state index is 15.2. The lowest BCUT2D eigenvalue weighted by atomic mass is 9.57. The summed E-state index contributed by atoms with van der Waals surface area (Å²) in [6, 6.07) is 14.6. The first-order valence-corrected chi connectivity index (χ1v) is 27.5. The number of carbonyl (C=O) groups is 3. The summed E-state index contributed by atoms with van der Waals surface area (Å²) >= 11 is 0. The van der Waals surface area contributed by atoms with Crippen LogP contribution in [0.3, 0.4) is 0 Å². The molecule has 70 heavy (non-hydrogen) atoms. The zero-order valence-electron chi connectivity index (χ0n) is 41.6. The molecule has 0 radical (unpaired) electrons. The molecule has 1 unspecified atom stereocenters. The predicted molar refractivity (Wildman–Crippen MR) is 273 cm³/mol. The molecule has 370 valence electrons. The van der Waals surface area contributed by atoms with Crippen LogP contribution in [0.4, 0.5) is 17.3 Å². The fraction of sp³-hybridized carbons (Fsp3) is 0.643. The van der Waals surface area contributed by atoms with Crippen LogP contribution in [0.1, 0.15) is 133 Å². The minimum Gasteiger partial charge on any atom is -0.366 e. The number of piperidine rings is 4. The highest BCUT2D eigenvalue weighted by atomic mass is 16.2. The van der Waals surface area contributed by atoms with E-state index in [0.717, 1.165) is 136 Å². The number of amides is 3. The topological polar surface area (TPSA) is 135 Å². The molecule has 8 fully saturated rings. The molecule has 1 atom stereocenters. The fourth-order valence-corrected chi connectivity index (χ4v) is 14.3. The van der Waals surface area contributed by atoms with Crippen molar-refractivity contribution in [3.05, 3.63) is 60.0 Å². The Labute approximate surface area is 413 Å². The molecule has 3 aromatic heterocycles. The van der Waals surface area contributed by atoms with Gasteiger partial charge in [0.1, 0.15) is 11.3 Å². The third-order valence-electron chi connectivity index (χ3n) is 18.8. The lowest BCUT2D eigenvalue weighted by Crippen LogP contribution is -2.66. The minimum absolute atomic E-state index is 0.00573. The lowest BCUT2D eigenvalue weighted by molar-refractivity contribution is -0.168. The van der Waals surface area contributed by atoms with Crippen LogP contribution in [-0.4, -0.2) is 136 Å². The maximum absolute atomic E-state index is 15.2. The van der Waals surface area contributed by atoms with E-state index >= 15 is 4.79 Å². The maximum Gasteiger partial charge on any atom is 0.238 e. The second-order valence-electron chi connectivity index (χ2n) is 23.6. The van der Waals surface area contributed by atoms with Gasteiger partial charge in [-0.1, -0.05) is 24.6 Å². The Hall–Kier alpha value is -5.08. The first kappa shape index (κ1) is 44.8. The molecule has 14 nitrogen and oxygen atoms in total. The van der Waals surface area contributed by atoms with Gasteiger partial charge in [-0.15, -0.1) is 0 Å². The van der Waals surface area contributed by atoms with Crippen LogP contribution < -0.4 is 20.4 Å². The highest BCUT2D eigenvalue weighted by Crippen LogP contribution is 2.55. The number of hydrogen-bond acceptors (Lipinski definition) is 10. The van der Waals surface area contributed by atoms with Gasteiger partial charge in [0, 0.05) is 105 Å². The monoisotopic (exact) mass is 948 g/mol. The van der Waals surface area contributed by atoms with Gasteiger partial charge >= 0.3 is 0 Å². The van der Waals surface area contributed by atoms with Gasteiger partial charge in [0.15, 0.2) is 5.82 Å². The van der Waals surface area contributed by atoms with Crippen molar-refractivity contribution < 1.29 is 14.4 Å². The molecule has 4 aromatic rings. The fourth-order valence-electron chi connectivity index (χ4n) is 14.3. The first-order chi connectivity index (χ1) is 34.1. The smallest absolute Gasteiger partial charge is 0.238 e. The Morgan fingerprint density at radius 1 is 0.800 bits per heavy atom. The standard InChI is InChI=1S/C56H73N11O3/c1-36(2)66-35-59-47-28-46(61-51(50(47)66)60-42-10-11-42)38-8-12-45-48(25-38)67(44-26-43(27-44)62-19-4-3-5-20-62)54(70)56(45)16-23-64(24-17-56)53(69)41-29-55(30-41)33-65(34-55)52(68)37-14-21-63(22-15-37)49-13-9-40(32-58-49)39-7-6-18-57-31-39/h8-9,12-13,25,28,32,35-37,39,41-44,57H,3-7,10-11,14-24,26-27,29-31,33-34H2,1-2H3,(H,60,61). The van der Waals surface area contributed by atoms with Gasteiger partial charge in [-0.05, 0) is 159 Å². The Morgan fingerprint density at radius 3 is 2.27 bits per heavy atom. The molecule has 6 aliphatic heterocycles. The van der Waals surface area contributed by atoms with Crippen molar-refractivity contribution in [1.29, 1.82) is 0 Å². The third-order valence-corrected chi connectivity index (χ3v) is 18.8. The average molecular weight is 948 g/mol. The van der Waals surface area contributed by atoms with Crippen molar-refractivity contribution in [2.24, 2.45) is 17.3 Å². The zero-order chi connectivity index (χ0) is 47.3. The quantitative estimate of drug-likeness (QED) is 0.165. The average Bonchev–Trinajstić information content (AvgIpc) is 4.02. The van der Waals surface area contributed by atoms with Crippen LogP contribution in [0.2, 0.25) is 0 Å². The SMILES string of the molecule is CC(C)n1cnc2cc(-c3ccc4c(c3)N(C3CC(N5CCCCC5)C3)C(=O)C43CCN(C(=O)C4CC5(C4)CN(C(=O)C4CCN(c6ccc(C7CCCNC7)cn6)CC4)C5)CC3)nc(NC3CC3)c21. The van der Waals surface area contributed by atoms with Gasteiger partial charge in [0.05, 0.1) is 23.0 Å². The van der Waals surface area contributed by atoms with Crippen LogP contribution >= 0.6 is 0 Å². The number of benzene rings is 1. The molecule has 14 heteroatoms. The van der Waals surface area contributed by atoms with Crippen LogP contribution in [0.5, 0.6) is 0 Å². The van der Waals surface area contributed by atoms with E-state index in [-0.39, 0.29) is 41.1 Å². The van der Waals surface area contributed by atoms with Gasteiger partial charge in [0.25, 0.3) is 0 Å². The van der Waals surface area contributed by atoms with E-state index < -0.39 is 5.41 Å². The van der Waals surface area contributed by atoms with E-state index in [9.17, 15) is 9.59 Å². The largest absolute Gasteiger partial charge is 0.366 e. The van der Waals surface area contributed by atoms with Gasteiger partial charge in [-0.2, -0.15) is 0 Å². The number of carbonyl (C=O) groups excluding carboxylic acids is 3. The molecule has 3 amide bonds. The van der Waals surface area contributed by atoms with E-state index in [2.05, 4.69) is 96.1 Å². The molecular formula is C56H73N11O3. The first-order valence-electron chi connectivity index (χ1n) is 27.5. The molecule has 0 bridgehead atoms. The molecule has 3 saturated carbocycles. The number of nitrogens with one attached hydrogen (secondary N) is 2. The van der Waals surface area contributed by atoms with Gasteiger partial charge < -0.3 is 39.7 Å². The number of aromatic nitrogens is 4. The second kappa shape index (κ2) is 17.6. The van der Waals surface area contributed by atoms with Crippen molar-refractivity contribution in [1.82, 2.24) is 39.5 Å². The van der Waals surface area contributed by atoms with Gasteiger partial charge in [-0.25, -0.2) is 15.0 Å². The van der Waals surface area contributed by atoms with E-state index in [1.54, 1.807) is 0 Å². The summed E-state index contributed by atoms with van der Waals surface area (Å²) in [5.41, 5.74) is 6.81. The van der Waals surface area contributed by atoms with Crippen molar-refractivity contribution in [2.45, 2.75) is 146 Å². The molecule has 13 rings (SSSR count). The van der Waals surface area contributed by atoms with Gasteiger partial charge in [-0.3, -0.25) is 14.4 Å². The Kier molecular flexibility index (Phi) is 11.3. The predicted octanol–water partition coefficient (Wildman–Crippen LogP) is 7.49. The van der Waals surface area contributed by atoms with Crippen molar-refractivity contribution in [3.8, 4) is 11.3 Å². The van der Waals surface area contributed by atoms with Crippen LogP contribution in [0.15, 0.2) is 48.9 Å². The van der Waals surface area contributed by atoms with Crippen LogP contribution in [0, 0.1) is 17.3 Å². The Morgan fingerprint density at radius 2 is 1.57 bits per heavy atom. The molecule has 2 spiro atoms. The summed E-state index contributed by atoms with van der Waals surface area (Å²) in [7, 11) is 0. The third kappa shape index (κ3) is 7.80. The molecular weight excluding hydrogens is 875 g/mol. The molecule has 1 aromatic carbocycles. The highest BCUT2D eigenvalue weighted by molar-refractivity contribution is 6.09. The van der Waals surface area contributed by atoms with Crippen molar-refractivity contribution in [3.63, 3.8) is 0 Å². The summed E-state index contributed by atoms with van der Waals surface area (Å²) in [6.45, 7) is 13.3. The lowest BCUT2D eigenvalue weighted by Gasteiger charge is -2.59. The minimum atomic E-state index is -0.633. The second-order valence-corrected chi connectivity index (χ2v) is 23.6. The number of pyridine rings is 2. The number of rotatable bonds is 10. The van der Waals surface area contributed by atoms with Crippen molar-refractivity contribution in [2.75, 3.05) is 80.6 Å². The van der Waals surface area contributed by atoms with E-state index in [1.807, 2.05) is 6.33 Å². The summed E-state index contributed by atoms with van der Waals surface area (Å²) in [5.74, 6) is 3.31. The molecule has 9 aliphatic rings. The number of nitrogens with zero attached hydrogens (tertiary/aromatic N) is 9. The molecule has 9 heterocycles. The summed E-state index contributed by atoms with van der Waals surface area (Å²) in [6.07, 6.45) is 19.4. The van der Waals surface area contributed by atoms with Crippen molar-refractivity contribution >= 4 is 46.1 Å². The Balaban J connectivity index is 0.653. The number of fused-ring (bicyclic) bond motifs is 3. The number of hydrogen-bond donors (Lipinski definition) is 2. The van der Waals surface area contributed by atoms with E-state index in [1.165, 1.54) is 50.8 Å². The van der Waals surface area contributed by atoms with Crippen LogP contribution in [0.25, 0.3) is 22.3 Å². The summed E-state index contributed by atoms with van der Waals surface area (Å²) < 4.78 is 2.21. The van der Waals surface area contributed by atoms with Gasteiger partial charge in [0.2, 0.25) is 17.7 Å². The normalized spacial score (nSPS) is 27.0. The van der Waals surface area contributed by atoms with E-state index in [0.29, 0.717) is 49.8 Å². The molecule has 3 aliphatic carbocycles. The van der Waals surface area contributed by atoms with Crippen LogP contribution in [-0.2, 0) is 19.8 Å². The molecule has 5 saturated heterocycles. The number of likely N-dealkylation sites (tertiary alicyclic amines) is 3. The summed E-state index contributed by atoms with van der Waals surface area (Å²) in [5, 5.41) is 7.23. The number of imidazole rings is 1. The summed E-state index contributed by atoms with van der Waals surface area (Å²) in [4.78, 5) is 69.5.